The van der Waals surface area contributed by atoms with Crippen LogP contribution in [-0.4, -0.2) is 24.8 Å². The number of carboxylic acid groups (broad SMARTS) is 1. The van der Waals surface area contributed by atoms with E-state index < -0.39 is 5.97 Å². The molecule has 4 heteroatoms. The number of hydrogen-bond acceptors (Lipinski definition) is 3. The molecule has 0 heterocycles. The van der Waals surface area contributed by atoms with E-state index >= 15 is 0 Å². The van der Waals surface area contributed by atoms with E-state index in [0.29, 0.717) is 23.7 Å². The van der Waals surface area contributed by atoms with Crippen LogP contribution in [0.5, 0.6) is 11.5 Å². The van der Waals surface area contributed by atoms with Crippen LogP contribution in [0.1, 0.15) is 12.5 Å². The topological polar surface area (TPSA) is 55.8 Å². The zero-order chi connectivity index (χ0) is 11.3. The monoisotopic (exact) mass is 210 g/mol. The Labute approximate surface area is 88.4 Å². The summed E-state index contributed by atoms with van der Waals surface area (Å²) in [6.07, 6.45) is -0.0654. The third-order valence-corrected chi connectivity index (χ3v) is 1.90. The quantitative estimate of drug-likeness (QED) is 0.804. The van der Waals surface area contributed by atoms with Crippen molar-refractivity contribution in [3.05, 3.63) is 23.8 Å². The molecule has 1 rings (SSSR count). The molecule has 0 fully saturated rings. The number of benzene rings is 1. The van der Waals surface area contributed by atoms with Gasteiger partial charge in [0.1, 0.15) is 11.5 Å². The summed E-state index contributed by atoms with van der Waals surface area (Å²) in [5.41, 5.74) is 0.621. The number of aliphatic carboxylic acids is 1. The highest BCUT2D eigenvalue weighted by Crippen LogP contribution is 2.24. The van der Waals surface area contributed by atoms with Crippen molar-refractivity contribution < 1.29 is 19.4 Å². The highest BCUT2D eigenvalue weighted by atomic mass is 16.5. The van der Waals surface area contributed by atoms with Gasteiger partial charge in [0.2, 0.25) is 0 Å². The Morgan fingerprint density at radius 3 is 2.73 bits per heavy atom. The maximum atomic E-state index is 10.6. The lowest BCUT2D eigenvalue weighted by Gasteiger charge is -2.09. The van der Waals surface area contributed by atoms with Gasteiger partial charge < -0.3 is 14.6 Å². The van der Waals surface area contributed by atoms with E-state index in [2.05, 4.69) is 0 Å². The van der Waals surface area contributed by atoms with Crippen molar-refractivity contribution in [3.63, 3.8) is 0 Å². The van der Waals surface area contributed by atoms with Crippen molar-refractivity contribution in [2.24, 2.45) is 0 Å². The summed E-state index contributed by atoms with van der Waals surface area (Å²) in [6, 6.07) is 5.16. The molecular formula is C11H14O4. The average molecular weight is 210 g/mol. The van der Waals surface area contributed by atoms with E-state index in [1.54, 1.807) is 18.2 Å². The molecule has 0 aromatic heterocycles. The number of methoxy groups -OCH3 is 1. The summed E-state index contributed by atoms with van der Waals surface area (Å²) < 4.78 is 10.3. The minimum Gasteiger partial charge on any atom is -0.496 e. The summed E-state index contributed by atoms with van der Waals surface area (Å²) in [5.74, 6) is 0.345. The fourth-order valence-electron chi connectivity index (χ4n) is 1.31. The Morgan fingerprint density at radius 1 is 1.47 bits per heavy atom. The Balaban J connectivity index is 2.96. The molecule has 0 unspecified atom stereocenters. The van der Waals surface area contributed by atoms with Gasteiger partial charge in [-0.25, -0.2) is 0 Å². The van der Waals surface area contributed by atoms with Gasteiger partial charge >= 0.3 is 5.97 Å². The molecule has 0 atom stereocenters. The Bertz CT molecular complexity index is 346. The lowest BCUT2D eigenvalue weighted by Crippen LogP contribution is -2.03. The van der Waals surface area contributed by atoms with Gasteiger partial charge in [0.25, 0.3) is 0 Å². The first-order valence-electron chi connectivity index (χ1n) is 4.69. The largest absolute Gasteiger partial charge is 0.496 e. The van der Waals surface area contributed by atoms with Crippen LogP contribution in [0.15, 0.2) is 18.2 Å². The number of carbonyl (C=O) groups is 1. The molecule has 0 bridgehead atoms. The molecule has 0 aliphatic heterocycles. The van der Waals surface area contributed by atoms with Crippen molar-refractivity contribution in [1.29, 1.82) is 0 Å². The van der Waals surface area contributed by atoms with Gasteiger partial charge in [-0.2, -0.15) is 0 Å². The molecular weight excluding hydrogens is 196 g/mol. The smallest absolute Gasteiger partial charge is 0.307 e. The lowest BCUT2D eigenvalue weighted by molar-refractivity contribution is -0.136. The van der Waals surface area contributed by atoms with E-state index in [4.69, 9.17) is 14.6 Å². The molecule has 0 spiro atoms. The molecule has 15 heavy (non-hydrogen) atoms. The number of hydrogen-bond donors (Lipinski definition) is 1. The highest BCUT2D eigenvalue weighted by molar-refractivity contribution is 5.71. The molecule has 0 aliphatic carbocycles. The van der Waals surface area contributed by atoms with Gasteiger partial charge in [0.05, 0.1) is 20.1 Å². The minimum atomic E-state index is -0.887. The Kier molecular flexibility index (Phi) is 3.97. The van der Waals surface area contributed by atoms with Crippen molar-refractivity contribution >= 4 is 5.97 Å². The molecule has 0 aliphatic rings. The van der Waals surface area contributed by atoms with Crippen LogP contribution in [-0.2, 0) is 11.2 Å². The van der Waals surface area contributed by atoms with E-state index in [9.17, 15) is 4.79 Å². The molecule has 1 aromatic carbocycles. The van der Waals surface area contributed by atoms with E-state index in [1.165, 1.54) is 7.11 Å². The zero-order valence-corrected chi connectivity index (χ0v) is 8.82. The lowest BCUT2D eigenvalue weighted by atomic mass is 10.1. The Hall–Kier alpha value is -1.71. The van der Waals surface area contributed by atoms with Gasteiger partial charge in [-0.05, 0) is 25.1 Å². The number of ether oxygens (including phenoxy) is 2. The van der Waals surface area contributed by atoms with Crippen molar-refractivity contribution in [3.8, 4) is 11.5 Å². The van der Waals surface area contributed by atoms with Crippen LogP contribution in [0.25, 0.3) is 0 Å². The summed E-state index contributed by atoms with van der Waals surface area (Å²) in [4.78, 5) is 10.6. The summed E-state index contributed by atoms with van der Waals surface area (Å²) in [5, 5.41) is 8.71. The predicted molar refractivity (Wildman–Crippen MR) is 55.5 cm³/mol. The highest BCUT2D eigenvalue weighted by Gasteiger charge is 2.08. The maximum Gasteiger partial charge on any atom is 0.307 e. The summed E-state index contributed by atoms with van der Waals surface area (Å²) >= 11 is 0. The Morgan fingerprint density at radius 2 is 2.20 bits per heavy atom. The van der Waals surface area contributed by atoms with Gasteiger partial charge in [0.15, 0.2) is 0 Å². The van der Waals surface area contributed by atoms with Crippen LogP contribution in [0.4, 0.5) is 0 Å². The SMILES string of the molecule is CCOc1ccc(OC)c(CC(=O)O)c1. The van der Waals surface area contributed by atoms with Crippen LogP contribution in [0.3, 0.4) is 0 Å². The molecule has 1 aromatic rings. The number of rotatable bonds is 5. The average Bonchev–Trinajstić information content (AvgIpc) is 2.18. The molecule has 1 N–H and O–H groups in total. The molecule has 82 valence electrons. The first kappa shape index (κ1) is 11.4. The second-order valence-corrected chi connectivity index (χ2v) is 2.98. The van der Waals surface area contributed by atoms with Crippen LogP contribution in [0, 0.1) is 0 Å². The molecule has 0 amide bonds. The second kappa shape index (κ2) is 5.24. The molecule has 0 saturated carbocycles. The van der Waals surface area contributed by atoms with Crippen molar-refractivity contribution in [1.82, 2.24) is 0 Å². The first-order chi connectivity index (χ1) is 7.17. The molecule has 4 nitrogen and oxygen atoms in total. The predicted octanol–water partition coefficient (Wildman–Crippen LogP) is 1.72. The summed E-state index contributed by atoms with van der Waals surface area (Å²) in [6.45, 7) is 2.43. The van der Waals surface area contributed by atoms with Crippen molar-refractivity contribution in [2.75, 3.05) is 13.7 Å². The number of carboxylic acids is 1. The van der Waals surface area contributed by atoms with E-state index in [1.807, 2.05) is 6.92 Å². The van der Waals surface area contributed by atoms with Crippen molar-refractivity contribution in [2.45, 2.75) is 13.3 Å². The van der Waals surface area contributed by atoms with Gasteiger partial charge in [-0.1, -0.05) is 0 Å². The third kappa shape index (κ3) is 3.16. The summed E-state index contributed by atoms with van der Waals surface area (Å²) in [7, 11) is 1.51. The van der Waals surface area contributed by atoms with Gasteiger partial charge in [-0.15, -0.1) is 0 Å². The van der Waals surface area contributed by atoms with Crippen LogP contribution >= 0.6 is 0 Å². The standard InChI is InChI=1S/C11H14O4/c1-3-15-9-4-5-10(14-2)8(6-9)7-11(12)13/h4-6H,3,7H2,1-2H3,(H,12,13). The third-order valence-electron chi connectivity index (χ3n) is 1.90. The fourth-order valence-corrected chi connectivity index (χ4v) is 1.31. The van der Waals surface area contributed by atoms with Crippen LogP contribution in [0.2, 0.25) is 0 Å². The van der Waals surface area contributed by atoms with E-state index in [-0.39, 0.29) is 6.42 Å². The normalized spacial score (nSPS) is 9.73. The van der Waals surface area contributed by atoms with E-state index in [0.717, 1.165) is 0 Å². The van der Waals surface area contributed by atoms with Gasteiger partial charge in [0, 0.05) is 5.56 Å². The van der Waals surface area contributed by atoms with Gasteiger partial charge in [-0.3, -0.25) is 4.79 Å². The molecule has 0 saturated heterocycles. The minimum absolute atomic E-state index is 0.0654. The maximum absolute atomic E-state index is 10.6. The van der Waals surface area contributed by atoms with Crippen LogP contribution < -0.4 is 9.47 Å². The first-order valence-corrected chi connectivity index (χ1v) is 4.69. The molecule has 0 radical (unpaired) electrons. The zero-order valence-electron chi connectivity index (χ0n) is 8.82. The fraction of sp³-hybridized carbons (Fsp3) is 0.364. The second-order valence-electron chi connectivity index (χ2n) is 2.98.